The number of nitrogens with zero attached hydrogens (tertiary/aromatic N) is 3. The van der Waals surface area contributed by atoms with Gasteiger partial charge in [0.1, 0.15) is 0 Å². The highest BCUT2D eigenvalue weighted by Gasteiger charge is 2.14. The van der Waals surface area contributed by atoms with Gasteiger partial charge >= 0.3 is 0 Å². The van der Waals surface area contributed by atoms with Gasteiger partial charge in [-0.05, 0) is 73.1 Å². The van der Waals surface area contributed by atoms with Gasteiger partial charge in [0.25, 0.3) is 0 Å². The third kappa shape index (κ3) is 5.82. The van der Waals surface area contributed by atoms with E-state index >= 15 is 0 Å². The van der Waals surface area contributed by atoms with Crippen molar-refractivity contribution in [2.45, 2.75) is 0 Å². The van der Waals surface area contributed by atoms with Gasteiger partial charge in [-0.2, -0.15) is 0 Å². The molecule has 0 unspecified atom stereocenters. The van der Waals surface area contributed by atoms with Gasteiger partial charge in [-0.1, -0.05) is 170 Å². The molecule has 0 spiro atoms. The Morgan fingerprint density at radius 2 is 0.520 bits per heavy atom. The highest BCUT2D eigenvalue weighted by molar-refractivity contribution is 5.93. The van der Waals surface area contributed by atoms with Crippen LogP contribution in [0.25, 0.3) is 89.1 Å². The van der Waals surface area contributed by atoms with E-state index in [1.165, 1.54) is 38.4 Å². The summed E-state index contributed by atoms with van der Waals surface area (Å²) in [7, 11) is 0. The van der Waals surface area contributed by atoms with Crippen molar-refractivity contribution in [3.63, 3.8) is 0 Å². The summed E-state index contributed by atoms with van der Waals surface area (Å²) in [4.78, 5) is 15.2. The van der Waals surface area contributed by atoms with Gasteiger partial charge in [-0.3, -0.25) is 0 Å². The van der Waals surface area contributed by atoms with Gasteiger partial charge in [-0.15, -0.1) is 0 Å². The van der Waals surface area contributed by atoms with Crippen LogP contribution in [0.4, 0.5) is 0 Å². The summed E-state index contributed by atoms with van der Waals surface area (Å²) in [5.74, 6) is 1.92. The predicted octanol–water partition coefficient (Wildman–Crippen LogP) is 12.2. The predicted molar refractivity (Wildman–Crippen MR) is 207 cm³/mol. The summed E-state index contributed by atoms with van der Waals surface area (Å²) < 4.78 is 0. The number of benzene rings is 8. The quantitative estimate of drug-likeness (QED) is 0.182. The van der Waals surface area contributed by atoms with Crippen molar-refractivity contribution in [1.29, 1.82) is 0 Å². The van der Waals surface area contributed by atoms with E-state index in [0.29, 0.717) is 17.5 Å². The van der Waals surface area contributed by atoms with E-state index in [2.05, 4.69) is 176 Å². The van der Waals surface area contributed by atoms with Crippen molar-refractivity contribution in [1.82, 2.24) is 15.0 Å². The van der Waals surface area contributed by atoms with Crippen LogP contribution in [0.15, 0.2) is 188 Å². The molecule has 0 N–H and O–H groups in total. The molecule has 234 valence electrons. The SMILES string of the molecule is c1ccc(-c2ccc(-c3nc(-c4ccc(-c5ccccc5)cc4)nc(-c4ccc5ccc(-c6ccc7ccccc7c6)cc5c4)n3)cc2)cc1. The van der Waals surface area contributed by atoms with Crippen LogP contribution < -0.4 is 0 Å². The molecule has 0 atom stereocenters. The molecule has 0 fully saturated rings. The highest BCUT2D eigenvalue weighted by Crippen LogP contribution is 2.32. The summed E-state index contributed by atoms with van der Waals surface area (Å²) in [6.07, 6.45) is 0. The Balaban J connectivity index is 1.13. The Bertz CT molecular complexity index is 2510. The summed E-state index contributed by atoms with van der Waals surface area (Å²) in [5, 5.41) is 4.78. The van der Waals surface area contributed by atoms with Crippen molar-refractivity contribution < 1.29 is 0 Å². The fourth-order valence-electron chi connectivity index (χ4n) is 6.58. The summed E-state index contributed by atoms with van der Waals surface area (Å²) in [5.41, 5.74) is 9.84. The number of hydrogen-bond acceptors (Lipinski definition) is 3. The second kappa shape index (κ2) is 12.7. The Hall–Kier alpha value is -6.71. The van der Waals surface area contributed by atoms with E-state index in [4.69, 9.17) is 15.0 Å². The first kappa shape index (κ1) is 29.4. The molecule has 1 heterocycles. The van der Waals surface area contributed by atoms with Crippen molar-refractivity contribution in [3.05, 3.63) is 188 Å². The van der Waals surface area contributed by atoms with E-state index in [0.717, 1.165) is 33.2 Å². The van der Waals surface area contributed by atoms with Crippen LogP contribution in [-0.4, -0.2) is 15.0 Å². The van der Waals surface area contributed by atoms with Crippen LogP contribution in [0.1, 0.15) is 0 Å². The van der Waals surface area contributed by atoms with Crippen LogP contribution in [0, 0.1) is 0 Å². The smallest absolute Gasteiger partial charge is 0.164 e. The van der Waals surface area contributed by atoms with Crippen LogP contribution >= 0.6 is 0 Å². The average Bonchev–Trinajstić information content (AvgIpc) is 3.21. The maximum atomic E-state index is 5.07. The molecular formula is C47H31N3. The minimum atomic E-state index is 0.641. The molecule has 0 saturated carbocycles. The van der Waals surface area contributed by atoms with Crippen molar-refractivity contribution in [2.75, 3.05) is 0 Å². The lowest BCUT2D eigenvalue weighted by molar-refractivity contribution is 1.07. The molecule has 0 radical (unpaired) electrons. The maximum Gasteiger partial charge on any atom is 0.164 e. The zero-order valence-corrected chi connectivity index (χ0v) is 27.2. The Kier molecular flexibility index (Phi) is 7.49. The van der Waals surface area contributed by atoms with E-state index in [1.807, 2.05) is 12.1 Å². The molecule has 3 heteroatoms. The molecule has 3 nitrogen and oxygen atoms in total. The maximum absolute atomic E-state index is 5.07. The van der Waals surface area contributed by atoms with E-state index < -0.39 is 0 Å². The Labute approximate surface area is 291 Å². The van der Waals surface area contributed by atoms with E-state index in [-0.39, 0.29) is 0 Å². The molecule has 9 aromatic rings. The normalized spacial score (nSPS) is 11.2. The average molecular weight is 638 g/mol. The van der Waals surface area contributed by atoms with E-state index in [9.17, 15) is 0 Å². The lowest BCUT2D eigenvalue weighted by Crippen LogP contribution is -2.00. The fourth-order valence-corrected chi connectivity index (χ4v) is 6.58. The zero-order chi connectivity index (χ0) is 33.3. The molecule has 0 aliphatic rings. The minimum absolute atomic E-state index is 0.641. The van der Waals surface area contributed by atoms with Crippen LogP contribution in [-0.2, 0) is 0 Å². The second-order valence-electron chi connectivity index (χ2n) is 12.5. The lowest BCUT2D eigenvalue weighted by atomic mass is 9.98. The molecule has 0 aliphatic heterocycles. The van der Waals surface area contributed by atoms with Gasteiger partial charge < -0.3 is 0 Å². The topological polar surface area (TPSA) is 38.7 Å². The first-order valence-electron chi connectivity index (χ1n) is 16.8. The lowest BCUT2D eigenvalue weighted by Gasteiger charge is -2.11. The van der Waals surface area contributed by atoms with Gasteiger partial charge in [0, 0.05) is 16.7 Å². The van der Waals surface area contributed by atoms with Crippen LogP contribution in [0.2, 0.25) is 0 Å². The van der Waals surface area contributed by atoms with Gasteiger partial charge in [0.05, 0.1) is 0 Å². The minimum Gasteiger partial charge on any atom is -0.208 e. The monoisotopic (exact) mass is 637 g/mol. The molecule has 0 amide bonds. The van der Waals surface area contributed by atoms with Gasteiger partial charge in [0.2, 0.25) is 0 Å². The van der Waals surface area contributed by atoms with Crippen molar-refractivity contribution in [2.24, 2.45) is 0 Å². The molecule has 9 rings (SSSR count). The molecule has 0 aliphatic carbocycles. The Morgan fingerprint density at radius 1 is 0.200 bits per heavy atom. The fraction of sp³-hybridized carbons (Fsp3) is 0. The molecule has 50 heavy (non-hydrogen) atoms. The Morgan fingerprint density at radius 3 is 1.04 bits per heavy atom. The van der Waals surface area contributed by atoms with Crippen LogP contribution in [0.3, 0.4) is 0 Å². The summed E-state index contributed by atoms with van der Waals surface area (Å²) in [6.45, 7) is 0. The van der Waals surface area contributed by atoms with Gasteiger partial charge in [-0.25, -0.2) is 15.0 Å². The summed E-state index contributed by atoms with van der Waals surface area (Å²) >= 11 is 0. The highest BCUT2D eigenvalue weighted by atomic mass is 15.0. The van der Waals surface area contributed by atoms with Crippen molar-refractivity contribution >= 4 is 21.5 Å². The van der Waals surface area contributed by atoms with Gasteiger partial charge in [0.15, 0.2) is 17.5 Å². The van der Waals surface area contributed by atoms with Crippen molar-refractivity contribution in [3.8, 4) is 67.5 Å². The number of fused-ring (bicyclic) bond motifs is 2. The molecule has 0 bridgehead atoms. The molecular weight excluding hydrogens is 607 g/mol. The van der Waals surface area contributed by atoms with Crippen LogP contribution in [0.5, 0.6) is 0 Å². The largest absolute Gasteiger partial charge is 0.208 e. The number of aromatic nitrogens is 3. The summed E-state index contributed by atoms with van der Waals surface area (Å²) in [6, 6.07) is 66.0. The number of rotatable bonds is 6. The number of hydrogen-bond donors (Lipinski definition) is 0. The molecule has 1 aromatic heterocycles. The standard InChI is InChI=1S/C47H31N3/c1-3-9-32(10-4-1)35-15-22-38(23-16-35)45-48-46(39-24-17-36(18-25-39)33-11-5-2-6-12-33)50-47(49-45)43-28-21-37-20-27-42(30-44(37)31-43)41-26-19-34-13-7-8-14-40(34)29-41/h1-31H. The second-order valence-corrected chi connectivity index (χ2v) is 12.5. The first-order chi connectivity index (χ1) is 24.7. The molecule has 8 aromatic carbocycles. The first-order valence-corrected chi connectivity index (χ1v) is 16.8. The third-order valence-corrected chi connectivity index (χ3v) is 9.32. The third-order valence-electron chi connectivity index (χ3n) is 9.32. The zero-order valence-electron chi connectivity index (χ0n) is 27.2. The van der Waals surface area contributed by atoms with E-state index in [1.54, 1.807) is 0 Å². The molecule has 0 saturated heterocycles.